The molecular formula is C13H10BrF2NO3. The Labute approximate surface area is 120 Å². The van der Waals surface area contributed by atoms with Crippen molar-refractivity contribution in [2.24, 2.45) is 0 Å². The van der Waals surface area contributed by atoms with Gasteiger partial charge in [-0.15, -0.1) is 0 Å². The van der Waals surface area contributed by atoms with Crippen molar-refractivity contribution >= 4 is 32.8 Å². The van der Waals surface area contributed by atoms with Gasteiger partial charge in [0.25, 0.3) is 0 Å². The zero-order valence-corrected chi connectivity index (χ0v) is 12.2. The Morgan fingerprint density at radius 2 is 2.05 bits per heavy atom. The number of hydrogen-bond acceptors (Lipinski definition) is 3. The second-order valence-electron chi connectivity index (χ2n) is 4.07. The predicted molar refractivity (Wildman–Crippen MR) is 72.9 cm³/mol. The van der Waals surface area contributed by atoms with Crippen LogP contribution >= 0.6 is 15.9 Å². The van der Waals surface area contributed by atoms with E-state index in [-0.39, 0.29) is 33.1 Å². The van der Waals surface area contributed by atoms with Crippen molar-refractivity contribution in [1.29, 1.82) is 0 Å². The largest absolute Gasteiger partial charge is 0.462 e. The Kier molecular flexibility index (Phi) is 3.89. The van der Waals surface area contributed by atoms with E-state index < -0.39 is 23.0 Å². The average Bonchev–Trinajstić information content (AvgIpc) is 2.42. The van der Waals surface area contributed by atoms with E-state index in [9.17, 15) is 18.4 Å². The number of pyridine rings is 1. The highest BCUT2D eigenvalue weighted by molar-refractivity contribution is 9.10. The number of hydrogen-bond donors (Lipinski definition) is 1. The van der Waals surface area contributed by atoms with Crippen LogP contribution in [-0.4, -0.2) is 17.6 Å². The minimum Gasteiger partial charge on any atom is -0.462 e. The molecule has 0 aliphatic rings. The Hall–Kier alpha value is -1.76. The van der Waals surface area contributed by atoms with Gasteiger partial charge in [0.15, 0.2) is 5.82 Å². The molecule has 0 radical (unpaired) electrons. The number of benzene rings is 1. The highest BCUT2D eigenvalue weighted by Crippen LogP contribution is 2.29. The van der Waals surface area contributed by atoms with Gasteiger partial charge in [-0.2, -0.15) is 0 Å². The molecule has 1 N–H and O–H groups in total. The number of ether oxygens (including phenoxy) is 1. The van der Waals surface area contributed by atoms with Gasteiger partial charge in [-0.25, -0.2) is 13.6 Å². The van der Waals surface area contributed by atoms with Gasteiger partial charge in [0.2, 0.25) is 5.43 Å². The van der Waals surface area contributed by atoms with Gasteiger partial charge >= 0.3 is 5.97 Å². The molecule has 20 heavy (non-hydrogen) atoms. The van der Waals surface area contributed by atoms with Crippen LogP contribution in [0.5, 0.6) is 0 Å². The van der Waals surface area contributed by atoms with Crippen LogP contribution in [0.1, 0.15) is 22.8 Å². The minimum absolute atomic E-state index is 0.0410. The first kappa shape index (κ1) is 14.6. The van der Waals surface area contributed by atoms with Crippen LogP contribution in [-0.2, 0) is 4.74 Å². The van der Waals surface area contributed by atoms with E-state index in [0.717, 1.165) is 6.20 Å². The third kappa shape index (κ3) is 2.11. The Balaban J connectivity index is 2.87. The smallest absolute Gasteiger partial charge is 0.343 e. The zero-order chi connectivity index (χ0) is 15.0. The van der Waals surface area contributed by atoms with Gasteiger partial charge in [-0.1, -0.05) is 0 Å². The summed E-state index contributed by atoms with van der Waals surface area (Å²) < 4.78 is 32.1. The summed E-state index contributed by atoms with van der Waals surface area (Å²) in [5, 5.41) is -0.200. The number of carbonyl (C=O) groups excluding carboxylic acids is 1. The standard InChI is InChI=1S/C13H10BrF2NO3/c1-3-20-13(19)6-4-17-11-7(12(6)18)5(2)9(15)8(14)10(11)16/h4H,3H2,1-2H3,(H,17,18). The topological polar surface area (TPSA) is 59.2 Å². The van der Waals surface area contributed by atoms with E-state index >= 15 is 0 Å². The maximum Gasteiger partial charge on any atom is 0.343 e. The molecule has 106 valence electrons. The summed E-state index contributed by atoms with van der Waals surface area (Å²) in [5.74, 6) is -2.63. The second-order valence-corrected chi connectivity index (χ2v) is 4.86. The maximum absolute atomic E-state index is 13.9. The van der Waals surface area contributed by atoms with E-state index in [4.69, 9.17) is 4.74 Å². The molecule has 0 fully saturated rings. The lowest BCUT2D eigenvalue weighted by Crippen LogP contribution is -2.19. The van der Waals surface area contributed by atoms with Gasteiger partial charge in [0.1, 0.15) is 11.4 Å². The molecule has 7 heteroatoms. The van der Waals surface area contributed by atoms with E-state index in [1.54, 1.807) is 6.92 Å². The van der Waals surface area contributed by atoms with Gasteiger partial charge < -0.3 is 9.72 Å². The molecule has 0 spiro atoms. The average molecular weight is 346 g/mol. The fourth-order valence-corrected chi connectivity index (χ4v) is 2.40. The van der Waals surface area contributed by atoms with Crippen molar-refractivity contribution in [3.8, 4) is 0 Å². The van der Waals surface area contributed by atoms with Crippen molar-refractivity contribution < 1.29 is 18.3 Å². The van der Waals surface area contributed by atoms with Crippen LogP contribution in [0.2, 0.25) is 0 Å². The molecule has 1 heterocycles. The first-order valence-electron chi connectivity index (χ1n) is 5.75. The fourth-order valence-electron chi connectivity index (χ4n) is 1.90. The summed E-state index contributed by atoms with van der Waals surface area (Å²) in [5.41, 5.74) is -1.25. The molecule has 0 saturated carbocycles. The summed E-state index contributed by atoms with van der Waals surface area (Å²) in [7, 11) is 0. The summed E-state index contributed by atoms with van der Waals surface area (Å²) in [6, 6.07) is 0. The lowest BCUT2D eigenvalue weighted by molar-refractivity contribution is 0.0524. The zero-order valence-electron chi connectivity index (χ0n) is 10.6. The number of nitrogens with one attached hydrogen (secondary N) is 1. The lowest BCUT2D eigenvalue weighted by atomic mass is 10.1. The summed E-state index contributed by atoms with van der Waals surface area (Å²) >= 11 is 2.78. The van der Waals surface area contributed by atoms with Gasteiger partial charge in [0.05, 0.1) is 22.0 Å². The number of aromatic amines is 1. The number of H-pyrrole nitrogens is 1. The summed E-state index contributed by atoms with van der Waals surface area (Å²) in [6.45, 7) is 3.03. The molecule has 2 rings (SSSR count). The third-order valence-corrected chi connectivity index (χ3v) is 3.58. The number of aryl methyl sites for hydroxylation is 1. The van der Waals surface area contributed by atoms with Gasteiger partial charge in [-0.3, -0.25) is 4.79 Å². The number of rotatable bonds is 2. The molecule has 0 aliphatic heterocycles. The Morgan fingerprint density at radius 3 is 2.65 bits per heavy atom. The van der Waals surface area contributed by atoms with Crippen LogP contribution in [0.3, 0.4) is 0 Å². The molecule has 4 nitrogen and oxygen atoms in total. The molecule has 1 aromatic heterocycles. The number of fused-ring (bicyclic) bond motifs is 1. The second kappa shape index (κ2) is 5.32. The quantitative estimate of drug-likeness (QED) is 0.672. The third-order valence-electron chi connectivity index (χ3n) is 2.89. The minimum atomic E-state index is -0.921. The monoisotopic (exact) mass is 345 g/mol. The normalized spacial score (nSPS) is 10.8. The first-order chi connectivity index (χ1) is 9.40. The molecular weight excluding hydrogens is 336 g/mol. The molecule has 0 atom stereocenters. The number of esters is 1. The lowest BCUT2D eigenvalue weighted by Gasteiger charge is -2.09. The number of aromatic nitrogens is 1. The number of halogens is 3. The van der Waals surface area contributed by atoms with E-state index in [0.29, 0.717) is 0 Å². The maximum atomic E-state index is 13.9. The van der Waals surface area contributed by atoms with Crippen LogP contribution in [0.25, 0.3) is 10.9 Å². The van der Waals surface area contributed by atoms with Crippen LogP contribution in [0, 0.1) is 18.6 Å². The summed E-state index contributed by atoms with van der Waals surface area (Å²) in [4.78, 5) is 26.3. The van der Waals surface area contributed by atoms with E-state index in [1.165, 1.54) is 6.92 Å². The predicted octanol–water partition coefficient (Wildman–Crippen LogP) is 3.05. The molecule has 1 aromatic carbocycles. The summed E-state index contributed by atoms with van der Waals surface area (Å²) in [6.07, 6.45) is 1.07. The molecule has 0 unspecified atom stereocenters. The van der Waals surface area contributed by atoms with E-state index in [1.807, 2.05) is 0 Å². The molecule has 2 aromatic rings. The van der Waals surface area contributed by atoms with Crippen molar-refractivity contribution in [3.63, 3.8) is 0 Å². The molecule has 0 aliphatic carbocycles. The SMILES string of the molecule is CCOC(=O)c1c[nH]c2c(F)c(Br)c(F)c(C)c2c1=O. The van der Waals surface area contributed by atoms with E-state index in [2.05, 4.69) is 20.9 Å². The first-order valence-corrected chi connectivity index (χ1v) is 6.55. The Morgan fingerprint density at radius 1 is 1.40 bits per heavy atom. The highest BCUT2D eigenvalue weighted by Gasteiger charge is 2.22. The van der Waals surface area contributed by atoms with Crippen molar-refractivity contribution in [1.82, 2.24) is 4.98 Å². The van der Waals surface area contributed by atoms with Gasteiger partial charge in [0, 0.05) is 6.20 Å². The molecule has 0 bridgehead atoms. The number of carbonyl (C=O) groups is 1. The van der Waals surface area contributed by atoms with Crippen molar-refractivity contribution in [3.05, 3.63) is 43.7 Å². The highest BCUT2D eigenvalue weighted by atomic mass is 79.9. The van der Waals surface area contributed by atoms with Crippen LogP contribution < -0.4 is 5.43 Å². The van der Waals surface area contributed by atoms with Crippen LogP contribution in [0.4, 0.5) is 8.78 Å². The van der Waals surface area contributed by atoms with Gasteiger partial charge in [-0.05, 0) is 35.3 Å². The van der Waals surface area contributed by atoms with Crippen molar-refractivity contribution in [2.45, 2.75) is 13.8 Å². The Bertz CT molecular complexity index is 771. The van der Waals surface area contributed by atoms with Crippen molar-refractivity contribution in [2.75, 3.05) is 6.61 Å². The molecule has 0 amide bonds. The molecule has 0 saturated heterocycles. The fraction of sp³-hybridized carbons (Fsp3) is 0.231. The van der Waals surface area contributed by atoms with Crippen LogP contribution in [0.15, 0.2) is 15.5 Å².